The lowest BCUT2D eigenvalue weighted by atomic mass is 10.3. The lowest BCUT2D eigenvalue weighted by molar-refractivity contribution is -0.127. The normalized spacial score (nSPS) is 14.8. The van der Waals surface area contributed by atoms with Crippen LogP contribution in [0.25, 0.3) is 11.8 Å². The molecule has 0 aliphatic carbocycles. The monoisotopic (exact) mass is 447 g/mol. The molecule has 3 aromatic rings. The smallest absolute Gasteiger partial charge is 0.294 e. The molecule has 32 heavy (non-hydrogen) atoms. The van der Waals surface area contributed by atoms with Crippen molar-refractivity contribution in [3.63, 3.8) is 0 Å². The molecule has 0 spiro atoms. The number of para-hydroxylation sites is 1. The molecular formula is C24H21N3O4S. The number of hydrogen-bond donors (Lipinski definition) is 1. The highest BCUT2D eigenvalue weighted by Crippen LogP contribution is 2.32. The number of carbonyl (C=O) groups excluding carboxylic acids is 3. The largest absolute Gasteiger partial charge is 0.494 e. The second kappa shape index (κ2) is 9.57. The Bertz CT molecular complexity index is 1170. The molecule has 0 unspecified atom stereocenters. The third-order valence-electron chi connectivity index (χ3n) is 4.69. The summed E-state index contributed by atoms with van der Waals surface area (Å²) in [6, 6.07) is 18.5. The van der Waals surface area contributed by atoms with Gasteiger partial charge in [0.15, 0.2) is 0 Å². The van der Waals surface area contributed by atoms with Crippen molar-refractivity contribution in [1.29, 1.82) is 0 Å². The highest BCUT2D eigenvalue weighted by atomic mass is 32.2. The number of rotatable bonds is 7. The van der Waals surface area contributed by atoms with Gasteiger partial charge in [-0.25, -0.2) is 0 Å². The van der Waals surface area contributed by atoms with Crippen LogP contribution in [-0.4, -0.2) is 39.7 Å². The Morgan fingerprint density at radius 1 is 1.06 bits per heavy atom. The number of hydrogen-bond acceptors (Lipinski definition) is 5. The Labute approximate surface area is 189 Å². The number of nitrogens with one attached hydrogen (secondary N) is 1. The Balaban J connectivity index is 1.40. The average Bonchev–Trinajstić information content (AvgIpc) is 3.36. The van der Waals surface area contributed by atoms with Gasteiger partial charge in [0, 0.05) is 23.8 Å². The van der Waals surface area contributed by atoms with Gasteiger partial charge in [-0.05, 0) is 72.8 Å². The Morgan fingerprint density at radius 3 is 2.53 bits per heavy atom. The zero-order valence-electron chi connectivity index (χ0n) is 17.4. The summed E-state index contributed by atoms with van der Waals surface area (Å²) in [7, 11) is 0. The molecule has 4 rings (SSSR count). The summed E-state index contributed by atoms with van der Waals surface area (Å²) in [4.78, 5) is 38.7. The summed E-state index contributed by atoms with van der Waals surface area (Å²) < 4.78 is 7.30. The summed E-state index contributed by atoms with van der Waals surface area (Å²) in [5.74, 6) is -0.232. The fourth-order valence-electron chi connectivity index (χ4n) is 3.19. The van der Waals surface area contributed by atoms with Gasteiger partial charge in [0.25, 0.3) is 11.1 Å². The molecule has 162 valence electrons. The topological polar surface area (TPSA) is 80.6 Å². The van der Waals surface area contributed by atoms with Crippen molar-refractivity contribution in [2.24, 2.45) is 0 Å². The van der Waals surface area contributed by atoms with Crippen LogP contribution in [0.4, 0.5) is 10.5 Å². The van der Waals surface area contributed by atoms with E-state index in [4.69, 9.17) is 4.74 Å². The van der Waals surface area contributed by atoms with Crippen LogP contribution in [0.1, 0.15) is 12.5 Å². The fraction of sp³-hybridized carbons (Fsp3) is 0.125. The van der Waals surface area contributed by atoms with E-state index in [9.17, 15) is 14.4 Å². The maximum Gasteiger partial charge on any atom is 0.294 e. The Hall–Kier alpha value is -3.78. The molecule has 8 heteroatoms. The van der Waals surface area contributed by atoms with Crippen LogP contribution in [0, 0.1) is 0 Å². The highest BCUT2D eigenvalue weighted by Gasteiger charge is 2.36. The lowest BCUT2D eigenvalue weighted by Crippen LogP contribution is -2.36. The molecule has 1 fully saturated rings. The number of carbonyl (C=O) groups is 3. The molecule has 1 saturated heterocycles. The third kappa shape index (κ3) is 4.92. The van der Waals surface area contributed by atoms with E-state index < -0.39 is 17.1 Å². The van der Waals surface area contributed by atoms with E-state index in [-0.39, 0.29) is 11.4 Å². The molecule has 3 amide bonds. The lowest BCUT2D eigenvalue weighted by Gasteiger charge is -2.12. The predicted octanol–water partition coefficient (Wildman–Crippen LogP) is 4.55. The van der Waals surface area contributed by atoms with E-state index in [2.05, 4.69) is 5.32 Å². The van der Waals surface area contributed by atoms with Crippen molar-refractivity contribution in [1.82, 2.24) is 9.47 Å². The van der Waals surface area contributed by atoms with Crippen LogP contribution in [0.3, 0.4) is 0 Å². The van der Waals surface area contributed by atoms with Crippen molar-refractivity contribution in [3.05, 3.63) is 83.5 Å². The van der Waals surface area contributed by atoms with Crippen molar-refractivity contribution in [3.8, 4) is 11.4 Å². The molecule has 2 aromatic carbocycles. The number of nitrogens with zero attached hydrogens (tertiary/aromatic N) is 2. The molecular weight excluding hydrogens is 426 g/mol. The first-order valence-electron chi connectivity index (χ1n) is 10.0. The molecule has 0 saturated carbocycles. The zero-order valence-corrected chi connectivity index (χ0v) is 18.2. The first kappa shape index (κ1) is 21.5. The number of imide groups is 1. The van der Waals surface area contributed by atoms with Gasteiger partial charge >= 0.3 is 0 Å². The minimum atomic E-state index is -0.477. The molecule has 1 aliphatic rings. The molecule has 0 radical (unpaired) electrons. The summed E-state index contributed by atoms with van der Waals surface area (Å²) in [6.45, 7) is 2.09. The summed E-state index contributed by atoms with van der Waals surface area (Å²) in [5.41, 5.74) is 2.34. The SMILES string of the molecule is CCOc1ccc(NC(=O)CN2C(=O)S/C(=C/c3ccn(-c4ccccc4)c3)C2=O)cc1. The van der Waals surface area contributed by atoms with E-state index in [1.807, 2.05) is 60.3 Å². The second-order valence-electron chi connectivity index (χ2n) is 6.96. The molecule has 7 nitrogen and oxygen atoms in total. The number of thioether (sulfide) groups is 1. The number of aromatic nitrogens is 1. The number of benzene rings is 2. The van der Waals surface area contributed by atoms with Gasteiger partial charge in [-0.2, -0.15) is 0 Å². The molecule has 1 N–H and O–H groups in total. The van der Waals surface area contributed by atoms with E-state index in [0.717, 1.165) is 27.9 Å². The van der Waals surface area contributed by atoms with E-state index in [1.54, 1.807) is 30.3 Å². The van der Waals surface area contributed by atoms with Gasteiger partial charge in [-0.15, -0.1) is 0 Å². The van der Waals surface area contributed by atoms with E-state index >= 15 is 0 Å². The van der Waals surface area contributed by atoms with Gasteiger partial charge in [-0.3, -0.25) is 19.3 Å². The number of ether oxygens (including phenoxy) is 1. The van der Waals surface area contributed by atoms with Crippen LogP contribution in [0.2, 0.25) is 0 Å². The minimum absolute atomic E-state index is 0.287. The average molecular weight is 448 g/mol. The van der Waals surface area contributed by atoms with Crippen molar-refractivity contribution < 1.29 is 19.1 Å². The van der Waals surface area contributed by atoms with E-state index in [1.165, 1.54) is 0 Å². The highest BCUT2D eigenvalue weighted by molar-refractivity contribution is 8.18. The van der Waals surface area contributed by atoms with Gasteiger partial charge in [0.2, 0.25) is 5.91 Å². The Kier molecular flexibility index (Phi) is 6.42. The van der Waals surface area contributed by atoms with Crippen LogP contribution in [0.15, 0.2) is 78.0 Å². The second-order valence-corrected chi connectivity index (χ2v) is 7.95. The van der Waals surface area contributed by atoms with Gasteiger partial charge in [0.1, 0.15) is 12.3 Å². The first-order chi connectivity index (χ1) is 15.5. The number of amides is 3. The molecule has 0 atom stereocenters. The first-order valence-corrected chi connectivity index (χ1v) is 10.9. The minimum Gasteiger partial charge on any atom is -0.494 e. The fourth-order valence-corrected chi connectivity index (χ4v) is 4.03. The molecule has 1 aromatic heterocycles. The zero-order chi connectivity index (χ0) is 22.5. The van der Waals surface area contributed by atoms with Gasteiger partial charge in [0.05, 0.1) is 11.5 Å². The quantitative estimate of drug-likeness (QED) is 0.538. The van der Waals surface area contributed by atoms with Crippen LogP contribution in [0.5, 0.6) is 5.75 Å². The number of anilines is 1. The Morgan fingerprint density at radius 2 is 1.81 bits per heavy atom. The summed E-state index contributed by atoms with van der Waals surface area (Å²) >= 11 is 0.830. The predicted molar refractivity (Wildman–Crippen MR) is 125 cm³/mol. The molecule has 0 bridgehead atoms. The standard InChI is InChI=1S/C24H21N3O4S/c1-2-31-20-10-8-18(9-11-20)25-22(28)16-27-23(29)21(32-24(27)30)14-17-12-13-26(15-17)19-6-4-3-5-7-19/h3-15H,2,16H2,1H3,(H,25,28)/b21-14+. The summed E-state index contributed by atoms with van der Waals surface area (Å²) in [6.07, 6.45) is 5.42. The van der Waals surface area contributed by atoms with Gasteiger partial charge in [-0.1, -0.05) is 18.2 Å². The molecule has 2 heterocycles. The van der Waals surface area contributed by atoms with Gasteiger partial charge < -0.3 is 14.6 Å². The maximum atomic E-state index is 12.7. The molecule has 1 aliphatic heterocycles. The van der Waals surface area contributed by atoms with Crippen molar-refractivity contribution in [2.75, 3.05) is 18.5 Å². The van der Waals surface area contributed by atoms with Crippen molar-refractivity contribution >= 4 is 40.6 Å². The van der Waals surface area contributed by atoms with E-state index in [0.29, 0.717) is 18.0 Å². The maximum absolute atomic E-state index is 12.7. The van der Waals surface area contributed by atoms with Crippen LogP contribution < -0.4 is 10.1 Å². The van der Waals surface area contributed by atoms with Crippen LogP contribution >= 0.6 is 11.8 Å². The van der Waals surface area contributed by atoms with Crippen molar-refractivity contribution in [2.45, 2.75) is 6.92 Å². The van der Waals surface area contributed by atoms with Crippen LogP contribution in [-0.2, 0) is 9.59 Å². The third-order valence-corrected chi connectivity index (χ3v) is 5.60. The summed E-state index contributed by atoms with van der Waals surface area (Å²) in [5, 5.41) is 2.23.